The first-order valence-electron chi connectivity index (χ1n) is 4.95. The Morgan fingerprint density at radius 2 is 2.18 bits per heavy atom. The molecule has 0 radical (unpaired) electrons. The molecule has 0 aliphatic heterocycles. The lowest BCUT2D eigenvalue weighted by molar-refractivity contribution is -0.146. The van der Waals surface area contributed by atoms with Crippen molar-refractivity contribution in [2.24, 2.45) is 0 Å². The normalized spacial score (nSPS) is 11.5. The van der Waals surface area contributed by atoms with Crippen molar-refractivity contribution in [1.29, 1.82) is 5.26 Å². The van der Waals surface area contributed by atoms with Crippen molar-refractivity contribution in [2.45, 2.75) is 18.9 Å². The number of aliphatic hydroxyl groups is 1. The van der Waals surface area contributed by atoms with Gasteiger partial charge in [-0.2, -0.15) is 5.26 Å². The van der Waals surface area contributed by atoms with Crippen LogP contribution < -0.4 is 0 Å². The lowest BCUT2D eigenvalue weighted by Crippen LogP contribution is -2.11. The Labute approximate surface area is 97.9 Å². The number of carbonyl (C=O) groups excluding carboxylic acids is 1. The lowest BCUT2D eigenvalue weighted by atomic mass is 10.00. The van der Waals surface area contributed by atoms with Crippen LogP contribution >= 0.6 is 0 Å². The molecule has 1 rings (SSSR count). The summed E-state index contributed by atoms with van der Waals surface area (Å²) in [4.78, 5) is 21.3. The second-order valence-corrected chi connectivity index (χ2v) is 3.52. The van der Waals surface area contributed by atoms with Crippen molar-refractivity contribution >= 4 is 12.3 Å². The van der Waals surface area contributed by atoms with Gasteiger partial charge in [-0.05, 0) is 29.7 Å². The number of rotatable bonds is 5. The molecule has 0 aliphatic rings. The number of hydrogen-bond acceptors (Lipinski definition) is 4. The second kappa shape index (κ2) is 5.77. The van der Waals surface area contributed by atoms with Gasteiger partial charge in [0.25, 0.3) is 0 Å². The monoisotopic (exact) mass is 233 g/mol. The van der Waals surface area contributed by atoms with Crippen LogP contribution in [0.25, 0.3) is 0 Å². The number of aryl methyl sites for hydroxylation is 1. The summed E-state index contributed by atoms with van der Waals surface area (Å²) in [5.41, 5.74) is 1.09. The van der Waals surface area contributed by atoms with Gasteiger partial charge in [0, 0.05) is 12.0 Å². The molecule has 0 saturated heterocycles. The number of carboxylic acids is 1. The first kappa shape index (κ1) is 12.9. The summed E-state index contributed by atoms with van der Waals surface area (Å²) < 4.78 is 0. The molecule has 17 heavy (non-hydrogen) atoms. The molecule has 2 N–H and O–H groups in total. The van der Waals surface area contributed by atoms with Gasteiger partial charge in [-0.3, -0.25) is 4.79 Å². The Morgan fingerprint density at radius 1 is 1.47 bits per heavy atom. The van der Waals surface area contributed by atoms with Crippen molar-refractivity contribution in [2.75, 3.05) is 0 Å². The summed E-state index contributed by atoms with van der Waals surface area (Å²) in [5.74, 6) is -1.38. The molecule has 0 saturated carbocycles. The van der Waals surface area contributed by atoms with Crippen molar-refractivity contribution < 1.29 is 19.8 Å². The summed E-state index contributed by atoms with van der Waals surface area (Å²) in [7, 11) is 0. The fraction of sp³-hybridized carbons (Fsp3) is 0.250. The summed E-state index contributed by atoms with van der Waals surface area (Å²) in [6, 6.07) is 6.34. The number of nitrogens with zero attached hydrogens (tertiary/aromatic N) is 1. The quantitative estimate of drug-likeness (QED) is 0.741. The molecule has 1 atom stereocenters. The van der Waals surface area contributed by atoms with Gasteiger partial charge in [-0.1, -0.05) is 6.07 Å². The van der Waals surface area contributed by atoms with Crippen molar-refractivity contribution in [3.05, 3.63) is 34.9 Å². The van der Waals surface area contributed by atoms with Gasteiger partial charge in [0.2, 0.25) is 0 Å². The van der Waals surface area contributed by atoms with E-state index in [-0.39, 0.29) is 17.5 Å². The van der Waals surface area contributed by atoms with Crippen molar-refractivity contribution in [3.63, 3.8) is 0 Å². The molecular formula is C12H11NO4. The number of carbonyl (C=O) groups is 2. The maximum Gasteiger partial charge on any atom is 0.337 e. The van der Waals surface area contributed by atoms with Crippen LogP contribution in [0.5, 0.6) is 0 Å². The van der Waals surface area contributed by atoms with E-state index in [0.29, 0.717) is 18.3 Å². The zero-order chi connectivity index (χ0) is 12.8. The molecule has 5 nitrogen and oxygen atoms in total. The third-order valence-electron chi connectivity index (χ3n) is 2.25. The number of aliphatic hydroxyl groups excluding tert-OH is 1. The number of aliphatic carboxylic acids is 1. The minimum Gasteiger partial charge on any atom is -0.479 e. The fourth-order valence-corrected chi connectivity index (χ4v) is 1.46. The standard InChI is InChI=1S/C12H11NO4/c13-3-1-2-8-4-9(7-14)6-10(5-8)11(15)12(16)17/h4-7,11,15H,1-2H2,(H,16,17). The Balaban J connectivity index is 3.09. The van der Waals surface area contributed by atoms with E-state index in [4.69, 9.17) is 10.4 Å². The molecule has 0 amide bonds. The maximum absolute atomic E-state index is 10.7. The van der Waals surface area contributed by atoms with E-state index in [1.807, 2.05) is 6.07 Å². The first-order chi connectivity index (χ1) is 8.08. The van der Waals surface area contributed by atoms with Gasteiger partial charge in [0.1, 0.15) is 6.29 Å². The highest BCUT2D eigenvalue weighted by Crippen LogP contribution is 2.18. The lowest BCUT2D eigenvalue weighted by Gasteiger charge is -2.09. The average Bonchev–Trinajstić information content (AvgIpc) is 2.34. The van der Waals surface area contributed by atoms with Crippen LogP contribution in [0, 0.1) is 11.3 Å². The van der Waals surface area contributed by atoms with Crippen LogP contribution in [-0.2, 0) is 11.2 Å². The van der Waals surface area contributed by atoms with Gasteiger partial charge < -0.3 is 10.2 Å². The van der Waals surface area contributed by atoms with Crippen LogP contribution in [0.15, 0.2) is 18.2 Å². The van der Waals surface area contributed by atoms with E-state index in [0.717, 1.165) is 0 Å². The molecule has 0 heterocycles. The predicted octanol–water partition coefficient (Wildman–Crippen LogP) is 1.07. The molecule has 0 bridgehead atoms. The van der Waals surface area contributed by atoms with Crippen LogP contribution in [-0.4, -0.2) is 22.5 Å². The van der Waals surface area contributed by atoms with E-state index in [1.165, 1.54) is 12.1 Å². The van der Waals surface area contributed by atoms with Crippen LogP contribution in [0.1, 0.15) is 34.0 Å². The third kappa shape index (κ3) is 3.40. The largest absolute Gasteiger partial charge is 0.479 e. The minimum atomic E-state index is -1.66. The molecule has 0 aliphatic carbocycles. The number of carboxylic acid groups (broad SMARTS) is 1. The van der Waals surface area contributed by atoms with Crippen molar-refractivity contribution in [1.82, 2.24) is 0 Å². The minimum absolute atomic E-state index is 0.148. The SMILES string of the molecule is N#CCCc1cc(C=O)cc(C(O)C(=O)O)c1. The third-order valence-corrected chi connectivity index (χ3v) is 2.25. The van der Waals surface area contributed by atoms with Gasteiger partial charge in [0.05, 0.1) is 6.07 Å². The number of benzene rings is 1. The molecule has 0 fully saturated rings. The van der Waals surface area contributed by atoms with Gasteiger partial charge in [0.15, 0.2) is 6.10 Å². The highest BCUT2D eigenvalue weighted by atomic mass is 16.4. The summed E-state index contributed by atoms with van der Waals surface area (Å²) in [6.45, 7) is 0. The predicted molar refractivity (Wildman–Crippen MR) is 58.4 cm³/mol. The summed E-state index contributed by atoms with van der Waals surface area (Å²) in [6.07, 6.45) is -0.396. The second-order valence-electron chi connectivity index (χ2n) is 3.52. The Bertz CT molecular complexity index is 476. The Kier molecular flexibility index (Phi) is 4.37. The summed E-state index contributed by atoms with van der Waals surface area (Å²) in [5, 5.41) is 26.5. The molecule has 1 unspecified atom stereocenters. The van der Waals surface area contributed by atoms with E-state index < -0.39 is 12.1 Å². The maximum atomic E-state index is 10.7. The van der Waals surface area contributed by atoms with Gasteiger partial charge in [-0.25, -0.2) is 4.79 Å². The van der Waals surface area contributed by atoms with Gasteiger partial charge in [-0.15, -0.1) is 0 Å². The van der Waals surface area contributed by atoms with Crippen LogP contribution in [0.4, 0.5) is 0 Å². The molecule has 1 aromatic rings. The fourth-order valence-electron chi connectivity index (χ4n) is 1.46. The van der Waals surface area contributed by atoms with E-state index in [2.05, 4.69) is 0 Å². The zero-order valence-corrected chi connectivity index (χ0v) is 8.96. The molecule has 0 aromatic heterocycles. The Hall–Kier alpha value is -2.19. The van der Waals surface area contributed by atoms with E-state index in [1.54, 1.807) is 6.07 Å². The smallest absolute Gasteiger partial charge is 0.337 e. The van der Waals surface area contributed by atoms with E-state index in [9.17, 15) is 14.7 Å². The molecule has 5 heteroatoms. The topological polar surface area (TPSA) is 98.4 Å². The first-order valence-corrected chi connectivity index (χ1v) is 4.95. The summed E-state index contributed by atoms with van der Waals surface area (Å²) >= 11 is 0. The molecule has 88 valence electrons. The van der Waals surface area contributed by atoms with Gasteiger partial charge >= 0.3 is 5.97 Å². The van der Waals surface area contributed by atoms with Crippen LogP contribution in [0.3, 0.4) is 0 Å². The molecular weight excluding hydrogens is 222 g/mol. The highest BCUT2D eigenvalue weighted by Gasteiger charge is 2.17. The zero-order valence-electron chi connectivity index (χ0n) is 8.96. The molecule has 1 aromatic carbocycles. The Morgan fingerprint density at radius 3 is 2.71 bits per heavy atom. The van der Waals surface area contributed by atoms with Crippen molar-refractivity contribution in [3.8, 4) is 6.07 Å². The number of hydrogen-bond donors (Lipinski definition) is 2. The van der Waals surface area contributed by atoms with E-state index >= 15 is 0 Å². The molecule has 0 spiro atoms. The average molecular weight is 233 g/mol. The van der Waals surface area contributed by atoms with Crippen LogP contribution in [0.2, 0.25) is 0 Å². The highest BCUT2D eigenvalue weighted by molar-refractivity contribution is 5.78. The number of aldehydes is 1. The number of nitriles is 1.